The first-order valence-corrected chi connectivity index (χ1v) is 11.4. The molecule has 1 fully saturated rings. The number of ether oxygens (including phenoxy) is 2. The minimum atomic E-state index is -0.227. The molecule has 1 aromatic rings. The van der Waals surface area contributed by atoms with Gasteiger partial charge in [0.1, 0.15) is 11.4 Å². The second-order valence-corrected chi connectivity index (χ2v) is 9.83. The van der Waals surface area contributed by atoms with Crippen molar-refractivity contribution in [2.75, 3.05) is 32.1 Å². The van der Waals surface area contributed by atoms with Crippen LogP contribution in [0.5, 0.6) is 5.75 Å². The number of hydrogen-bond donors (Lipinski definition) is 2. The number of benzene rings is 1. The maximum Gasteiger partial charge on any atom is 0.191 e. The van der Waals surface area contributed by atoms with Crippen molar-refractivity contribution >= 4 is 41.7 Å². The maximum atomic E-state index is 6.10. The van der Waals surface area contributed by atoms with E-state index in [4.69, 9.17) is 14.5 Å². The molecule has 0 aromatic heterocycles. The van der Waals surface area contributed by atoms with Crippen LogP contribution in [0.15, 0.2) is 29.3 Å². The van der Waals surface area contributed by atoms with Crippen LogP contribution in [0.1, 0.15) is 53.0 Å². The molecule has 1 aromatic carbocycles. The molecule has 1 aliphatic heterocycles. The van der Waals surface area contributed by atoms with Crippen LogP contribution in [-0.4, -0.2) is 48.4 Å². The summed E-state index contributed by atoms with van der Waals surface area (Å²) in [7, 11) is 0. The first-order valence-electron chi connectivity index (χ1n) is 10.4. The Morgan fingerprint density at radius 1 is 1.17 bits per heavy atom. The topological polar surface area (TPSA) is 54.9 Å². The molecule has 0 radical (unpaired) electrons. The molecule has 0 unspecified atom stereocenters. The summed E-state index contributed by atoms with van der Waals surface area (Å²) < 4.78 is 11.9. The monoisotopic (exact) mass is 535 g/mol. The van der Waals surface area contributed by atoms with E-state index in [2.05, 4.69) is 51.3 Å². The number of halogens is 1. The second kappa shape index (κ2) is 12.9. The lowest BCUT2D eigenvalue weighted by atomic mass is 9.99. The number of thioether (sulfide) groups is 1. The van der Waals surface area contributed by atoms with Gasteiger partial charge in [-0.2, -0.15) is 11.8 Å². The fourth-order valence-electron chi connectivity index (χ4n) is 3.24. The van der Waals surface area contributed by atoms with E-state index in [0.29, 0.717) is 6.54 Å². The smallest absolute Gasteiger partial charge is 0.191 e. The summed E-state index contributed by atoms with van der Waals surface area (Å²) in [5.41, 5.74) is 0.869. The molecule has 0 bridgehead atoms. The van der Waals surface area contributed by atoms with Gasteiger partial charge >= 0.3 is 0 Å². The molecule has 166 valence electrons. The molecule has 0 saturated carbocycles. The van der Waals surface area contributed by atoms with Crippen LogP contribution in [0.4, 0.5) is 0 Å². The fraction of sp³-hybridized carbons (Fsp3) is 0.682. The Morgan fingerprint density at radius 3 is 2.48 bits per heavy atom. The zero-order chi connectivity index (χ0) is 20.5. The van der Waals surface area contributed by atoms with E-state index in [1.54, 1.807) is 0 Å². The van der Waals surface area contributed by atoms with Crippen LogP contribution in [0.2, 0.25) is 0 Å². The molecule has 7 heteroatoms. The molecular formula is C22H38IN3O2S. The van der Waals surface area contributed by atoms with Gasteiger partial charge in [-0.15, -0.1) is 24.0 Å². The van der Waals surface area contributed by atoms with E-state index in [9.17, 15) is 0 Å². The average Bonchev–Trinajstić information content (AvgIpc) is 2.65. The number of para-hydroxylation sites is 1. The van der Waals surface area contributed by atoms with Crippen molar-refractivity contribution in [1.29, 1.82) is 0 Å². The zero-order valence-electron chi connectivity index (χ0n) is 18.5. The van der Waals surface area contributed by atoms with Gasteiger partial charge in [0, 0.05) is 36.6 Å². The minimum Gasteiger partial charge on any atom is -0.488 e. The van der Waals surface area contributed by atoms with Crippen molar-refractivity contribution in [3.63, 3.8) is 0 Å². The van der Waals surface area contributed by atoms with Crippen molar-refractivity contribution in [2.45, 2.75) is 64.4 Å². The van der Waals surface area contributed by atoms with Crippen molar-refractivity contribution in [2.24, 2.45) is 4.99 Å². The third kappa shape index (κ3) is 9.34. The highest BCUT2D eigenvalue weighted by molar-refractivity contribution is 14.0. The fourth-order valence-corrected chi connectivity index (χ4v) is 4.48. The Bertz CT molecular complexity index is 623. The van der Waals surface area contributed by atoms with Crippen LogP contribution >= 0.6 is 35.7 Å². The van der Waals surface area contributed by atoms with Gasteiger partial charge in [0.15, 0.2) is 5.96 Å². The molecule has 5 nitrogen and oxygen atoms in total. The van der Waals surface area contributed by atoms with E-state index in [1.807, 2.05) is 30.0 Å². The summed E-state index contributed by atoms with van der Waals surface area (Å²) in [5, 5.41) is 6.95. The molecule has 0 spiro atoms. The van der Waals surface area contributed by atoms with Crippen molar-refractivity contribution in [3.8, 4) is 5.75 Å². The quantitative estimate of drug-likeness (QED) is 0.284. The highest BCUT2D eigenvalue weighted by atomic mass is 127. The van der Waals surface area contributed by atoms with Crippen molar-refractivity contribution < 1.29 is 9.47 Å². The highest BCUT2D eigenvalue weighted by Gasteiger charge is 2.32. The first-order chi connectivity index (χ1) is 13.4. The van der Waals surface area contributed by atoms with Gasteiger partial charge in [0.25, 0.3) is 0 Å². The predicted octanol–water partition coefficient (Wildman–Crippen LogP) is 4.84. The van der Waals surface area contributed by atoms with Crippen LogP contribution in [0, 0.1) is 0 Å². The van der Waals surface area contributed by atoms with Gasteiger partial charge in [0.2, 0.25) is 0 Å². The largest absolute Gasteiger partial charge is 0.488 e. The third-order valence-electron chi connectivity index (χ3n) is 4.57. The maximum absolute atomic E-state index is 6.10. The van der Waals surface area contributed by atoms with E-state index in [1.165, 1.54) is 0 Å². The lowest BCUT2D eigenvalue weighted by Gasteiger charge is -2.37. The minimum absolute atomic E-state index is 0. The summed E-state index contributed by atoms with van der Waals surface area (Å²) in [6, 6.07) is 8.15. The molecular weight excluding hydrogens is 497 g/mol. The average molecular weight is 536 g/mol. The molecule has 0 aliphatic carbocycles. The zero-order valence-corrected chi connectivity index (χ0v) is 21.7. The number of guanidine groups is 1. The lowest BCUT2D eigenvalue weighted by molar-refractivity contribution is 0.0782. The number of rotatable bonds is 8. The molecule has 0 amide bonds. The Hall–Kier alpha value is -0.670. The summed E-state index contributed by atoms with van der Waals surface area (Å²) in [6.07, 6.45) is 2.17. The number of aliphatic imine (C=N–C) groups is 1. The van der Waals surface area contributed by atoms with Crippen LogP contribution in [0.25, 0.3) is 0 Å². The molecule has 2 N–H and O–H groups in total. The molecule has 0 atom stereocenters. The summed E-state index contributed by atoms with van der Waals surface area (Å²) in [6.45, 7) is 14.5. The second-order valence-electron chi connectivity index (χ2n) is 8.10. The Kier molecular flexibility index (Phi) is 11.7. The Balaban J connectivity index is 0.00000420. The number of nitrogens with zero attached hydrogens (tertiary/aromatic N) is 1. The van der Waals surface area contributed by atoms with Gasteiger partial charge < -0.3 is 20.1 Å². The van der Waals surface area contributed by atoms with E-state index in [-0.39, 0.29) is 34.3 Å². The lowest BCUT2D eigenvalue weighted by Crippen LogP contribution is -2.48. The third-order valence-corrected chi connectivity index (χ3v) is 6.03. The van der Waals surface area contributed by atoms with Crippen LogP contribution in [-0.2, 0) is 11.3 Å². The Labute approximate surface area is 198 Å². The van der Waals surface area contributed by atoms with E-state index < -0.39 is 0 Å². The van der Waals surface area contributed by atoms with E-state index >= 15 is 0 Å². The van der Waals surface area contributed by atoms with Crippen molar-refractivity contribution in [1.82, 2.24) is 10.6 Å². The van der Waals surface area contributed by atoms with E-state index in [0.717, 1.165) is 62.2 Å². The predicted molar refractivity (Wildman–Crippen MR) is 136 cm³/mol. The summed E-state index contributed by atoms with van der Waals surface area (Å²) in [4.78, 5) is 4.82. The summed E-state index contributed by atoms with van der Waals surface area (Å²) in [5.74, 6) is 2.88. The van der Waals surface area contributed by atoms with Gasteiger partial charge in [-0.05, 0) is 52.4 Å². The van der Waals surface area contributed by atoms with Crippen molar-refractivity contribution in [3.05, 3.63) is 29.8 Å². The summed E-state index contributed by atoms with van der Waals surface area (Å²) >= 11 is 2.04. The normalized spacial score (nSPS) is 16.7. The van der Waals surface area contributed by atoms with Gasteiger partial charge in [-0.1, -0.05) is 25.1 Å². The van der Waals surface area contributed by atoms with Gasteiger partial charge in [-0.25, -0.2) is 4.99 Å². The van der Waals surface area contributed by atoms with Crippen LogP contribution < -0.4 is 15.4 Å². The van der Waals surface area contributed by atoms with Crippen LogP contribution in [0.3, 0.4) is 0 Å². The molecule has 1 aliphatic rings. The highest BCUT2D eigenvalue weighted by Crippen LogP contribution is 2.34. The molecule has 1 heterocycles. The van der Waals surface area contributed by atoms with Gasteiger partial charge in [-0.3, -0.25) is 0 Å². The molecule has 2 rings (SSSR count). The van der Waals surface area contributed by atoms with Gasteiger partial charge in [0.05, 0.1) is 6.54 Å². The SMILES string of the molecule is CCNC(=NCc1ccccc1OC(C)(C)C)NCC1(SCC)CCOCC1.I. The first kappa shape index (κ1) is 26.4. The Morgan fingerprint density at radius 2 is 1.86 bits per heavy atom. The number of nitrogens with one attached hydrogen (secondary N) is 2. The molecule has 29 heavy (non-hydrogen) atoms. The standard InChI is InChI=1S/C22H37N3O2S.HI/c1-6-23-20(25-17-22(28-7-2)12-14-26-15-13-22)24-16-18-10-8-9-11-19(18)27-21(3,4)5;/h8-11H,6-7,12-17H2,1-5H3,(H2,23,24,25);1H. The number of hydrogen-bond acceptors (Lipinski definition) is 4. The molecule has 1 saturated heterocycles.